The molecule has 0 fully saturated rings. The van der Waals surface area contributed by atoms with E-state index in [1.807, 2.05) is 4.57 Å². The Morgan fingerprint density at radius 2 is 2.06 bits per heavy atom. The standard InChI is InChI=1S/C13H16ClFN2/c1-8(2)9(3)17-12-6-10(15)4-5-11(12)16-13(17)7-14/h4-6,8-9H,7H2,1-3H3. The molecule has 4 heteroatoms. The molecule has 0 aliphatic heterocycles. The molecular formula is C13H16ClFN2. The van der Waals surface area contributed by atoms with Crippen LogP contribution >= 0.6 is 11.6 Å². The summed E-state index contributed by atoms with van der Waals surface area (Å²) in [5.41, 5.74) is 1.62. The van der Waals surface area contributed by atoms with Crippen LogP contribution in [-0.2, 0) is 5.88 Å². The molecule has 2 nitrogen and oxygen atoms in total. The number of nitrogens with zero attached hydrogens (tertiary/aromatic N) is 2. The third-order valence-corrected chi connectivity index (χ3v) is 3.46. The summed E-state index contributed by atoms with van der Waals surface area (Å²) in [6, 6.07) is 4.90. The summed E-state index contributed by atoms with van der Waals surface area (Å²) in [4.78, 5) is 4.44. The molecule has 1 heterocycles. The van der Waals surface area contributed by atoms with Crippen LogP contribution in [0.5, 0.6) is 0 Å². The summed E-state index contributed by atoms with van der Waals surface area (Å²) < 4.78 is 15.4. The van der Waals surface area contributed by atoms with Gasteiger partial charge in [0.25, 0.3) is 0 Å². The Morgan fingerprint density at radius 3 is 2.65 bits per heavy atom. The van der Waals surface area contributed by atoms with Gasteiger partial charge in [-0.2, -0.15) is 0 Å². The molecule has 0 spiro atoms. The van der Waals surface area contributed by atoms with Crippen molar-refractivity contribution in [2.75, 3.05) is 0 Å². The third-order valence-electron chi connectivity index (χ3n) is 3.22. The summed E-state index contributed by atoms with van der Waals surface area (Å²) >= 11 is 5.92. The number of fused-ring (bicyclic) bond motifs is 1. The van der Waals surface area contributed by atoms with Crippen molar-refractivity contribution >= 4 is 22.6 Å². The predicted molar refractivity (Wildman–Crippen MR) is 68.8 cm³/mol. The quantitative estimate of drug-likeness (QED) is 0.753. The number of benzene rings is 1. The van der Waals surface area contributed by atoms with Gasteiger partial charge in [0.1, 0.15) is 11.6 Å². The number of halogens is 2. The van der Waals surface area contributed by atoms with Gasteiger partial charge < -0.3 is 4.57 Å². The average Bonchev–Trinajstić information content (AvgIpc) is 2.65. The van der Waals surface area contributed by atoms with Crippen LogP contribution in [0, 0.1) is 11.7 Å². The Balaban J connectivity index is 2.68. The van der Waals surface area contributed by atoms with Gasteiger partial charge in [0.2, 0.25) is 0 Å². The van der Waals surface area contributed by atoms with E-state index in [0.29, 0.717) is 11.8 Å². The van der Waals surface area contributed by atoms with E-state index in [2.05, 4.69) is 25.8 Å². The van der Waals surface area contributed by atoms with Gasteiger partial charge in [0, 0.05) is 6.04 Å². The molecule has 1 unspecified atom stereocenters. The van der Waals surface area contributed by atoms with E-state index in [1.165, 1.54) is 12.1 Å². The fourth-order valence-corrected chi connectivity index (χ4v) is 2.15. The molecule has 0 amide bonds. The fourth-order valence-electron chi connectivity index (χ4n) is 1.96. The van der Waals surface area contributed by atoms with Crippen molar-refractivity contribution in [3.05, 3.63) is 29.8 Å². The Kier molecular flexibility index (Phi) is 3.38. The average molecular weight is 255 g/mol. The number of aromatic nitrogens is 2. The van der Waals surface area contributed by atoms with Gasteiger partial charge in [-0.25, -0.2) is 9.37 Å². The predicted octanol–water partition coefficient (Wildman–Crippen LogP) is 4.13. The SMILES string of the molecule is CC(C)C(C)n1c(CCl)nc2ccc(F)cc21. The van der Waals surface area contributed by atoms with Gasteiger partial charge in [-0.05, 0) is 31.0 Å². The van der Waals surface area contributed by atoms with E-state index in [4.69, 9.17) is 11.6 Å². The first-order chi connectivity index (χ1) is 8.04. The number of rotatable bonds is 3. The Bertz CT molecular complexity index is 533. The molecule has 0 aliphatic rings. The summed E-state index contributed by atoms with van der Waals surface area (Å²) in [5.74, 6) is 1.34. The van der Waals surface area contributed by atoms with E-state index in [-0.39, 0.29) is 11.9 Å². The van der Waals surface area contributed by atoms with Crippen molar-refractivity contribution in [2.45, 2.75) is 32.7 Å². The lowest BCUT2D eigenvalue weighted by Crippen LogP contribution is -2.13. The normalized spacial score (nSPS) is 13.5. The van der Waals surface area contributed by atoms with Crippen LogP contribution in [0.2, 0.25) is 0 Å². The molecule has 0 bridgehead atoms. The number of imidazole rings is 1. The highest BCUT2D eigenvalue weighted by atomic mass is 35.5. The molecule has 1 atom stereocenters. The molecular weight excluding hydrogens is 239 g/mol. The van der Waals surface area contributed by atoms with Crippen molar-refractivity contribution in [3.8, 4) is 0 Å². The maximum absolute atomic E-state index is 13.3. The second-order valence-electron chi connectivity index (χ2n) is 4.65. The molecule has 2 rings (SSSR count). The molecule has 1 aromatic heterocycles. The molecule has 0 saturated carbocycles. The molecule has 0 radical (unpaired) electrons. The van der Waals surface area contributed by atoms with Crippen LogP contribution in [0.15, 0.2) is 18.2 Å². The highest BCUT2D eigenvalue weighted by molar-refractivity contribution is 6.16. The summed E-state index contributed by atoms with van der Waals surface area (Å²) in [6.45, 7) is 6.37. The van der Waals surface area contributed by atoms with Crippen LogP contribution in [0.4, 0.5) is 4.39 Å². The molecule has 92 valence electrons. The van der Waals surface area contributed by atoms with Crippen molar-refractivity contribution in [2.24, 2.45) is 5.92 Å². The fraction of sp³-hybridized carbons (Fsp3) is 0.462. The van der Waals surface area contributed by atoms with Gasteiger partial charge in [0.05, 0.1) is 16.9 Å². The molecule has 2 aromatic rings. The van der Waals surface area contributed by atoms with Gasteiger partial charge in [-0.3, -0.25) is 0 Å². The van der Waals surface area contributed by atoms with Gasteiger partial charge in [0.15, 0.2) is 0 Å². The largest absolute Gasteiger partial charge is 0.324 e. The van der Waals surface area contributed by atoms with E-state index in [1.54, 1.807) is 6.07 Å². The van der Waals surface area contributed by atoms with Gasteiger partial charge in [-0.15, -0.1) is 11.6 Å². The third kappa shape index (κ3) is 2.16. The van der Waals surface area contributed by atoms with Crippen LogP contribution in [0.3, 0.4) is 0 Å². The van der Waals surface area contributed by atoms with Crippen LogP contribution in [-0.4, -0.2) is 9.55 Å². The van der Waals surface area contributed by atoms with Crippen molar-refractivity contribution in [1.82, 2.24) is 9.55 Å². The second kappa shape index (κ2) is 4.65. The first-order valence-corrected chi connectivity index (χ1v) is 6.30. The highest BCUT2D eigenvalue weighted by Gasteiger charge is 2.17. The topological polar surface area (TPSA) is 17.8 Å². The molecule has 0 saturated heterocycles. The van der Waals surface area contributed by atoms with E-state index in [9.17, 15) is 4.39 Å². The first-order valence-electron chi connectivity index (χ1n) is 5.77. The Hall–Kier alpha value is -1.09. The van der Waals surface area contributed by atoms with Gasteiger partial charge >= 0.3 is 0 Å². The van der Waals surface area contributed by atoms with Gasteiger partial charge in [-0.1, -0.05) is 13.8 Å². The van der Waals surface area contributed by atoms with Crippen LogP contribution in [0.25, 0.3) is 11.0 Å². The highest BCUT2D eigenvalue weighted by Crippen LogP contribution is 2.27. The Morgan fingerprint density at radius 1 is 1.35 bits per heavy atom. The first kappa shape index (κ1) is 12.4. The maximum Gasteiger partial charge on any atom is 0.125 e. The summed E-state index contributed by atoms with van der Waals surface area (Å²) in [7, 11) is 0. The lowest BCUT2D eigenvalue weighted by molar-refractivity contribution is 0.409. The summed E-state index contributed by atoms with van der Waals surface area (Å²) in [6.07, 6.45) is 0. The van der Waals surface area contributed by atoms with E-state index < -0.39 is 0 Å². The lowest BCUT2D eigenvalue weighted by atomic mass is 10.1. The van der Waals surface area contributed by atoms with Crippen LogP contribution in [0.1, 0.15) is 32.6 Å². The zero-order valence-electron chi connectivity index (χ0n) is 10.2. The Labute approximate surface area is 105 Å². The van der Waals surface area contributed by atoms with Crippen molar-refractivity contribution in [3.63, 3.8) is 0 Å². The minimum absolute atomic E-state index is 0.240. The van der Waals surface area contributed by atoms with Crippen LogP contribution < -0.4 is 0 Å². The molecule has 17 heavy (non-hydrogen) atoms. The molecule has 0 N–H and O–H groups in total. The summed E-state index contributed by atoms with van der Waals surface area (Å²) in [5, 5.41) is 0. The zero-order chi connectivity index (χ0) is 12.6. The number of hydrogen-bond donors (Lipinski definition) is 0. The maximum atomic E-state index is 13.3. The monoisotopic (exact) mass is 254 g/mol. The van der Waals surface area contributed by atoms with E-state index >= 15 is 0 Å². The van der Waals surface area contributed by atoms with E-state index in [0.717, 1.165) is 16.9 Å². The minimum atomic E-state index is -0.240. The second-order valence-corrected chi connectivity index (χ2v) is 4.92. The zero-order valence-corrected chi connectivity index (χ0v) is 11.0. The van der Waals surface area contributed by atoms with Crippen molar-refractivity contribution < 1.29 is 4.39 Å². The minimum Gasteiger partial charge on any atom is -0.324 e. The molecule has 0 aliphatic carbocycles. The lowest BCUT2D eigenvalue weighted by Gasteiger charge is -2.20. The molecule has 1 aromatic carbocycles. The number of alkyl halides is 1. The smallest absolute Gasteiger partial charge is 0.125 e. The van der Waals surface area contributed by atoms with Crippen molar-refractivity contribution in [1.29, 1.82) is 0 Å². The number of hydrogen-bond acceptors (Lipinski definition) is 1.